The molecule has 0 unspecified atom stereocenters. The second kappa shape index (κ2) is 8.05. The van der Waals surface area contributed by atoms with Crippen LogP contribution in [0.25, 0.3) is 5.69 Å². The maximum absolute atomic E-state index is 13.2. The van der Waals surface area contributed by atoms with E-state index in [1.54, 1.807) is 12.1 Å². The van der Waals surface area contributed by atoms with Crippen molar-refractivity contribution in [3.8, 4) is 5.69 Å². The van der Waals surface area contributed by atoms with Gasteiger partial charge in [0.2, 0.25) is 0 Å². The number of aromatic nitrogens is 3. The van der Waals surface area contributed by atoms with Crippen LogP contribution in [0.3, 0.4) is 0 Å². The molecule has 1 amide bonds. The second-order valence-corrected chi connectivity index (χ2v) is 8.76. The summed E-state index contributed by atoms with van der Waals surface area (Å²) in [7, 11) is 2.06. The summed E-state index contributed by atoms with van der Waals surface area (Å²) in [5, 5.41) is 9.78. The van der Waals surface area contributed by atoms with Gasteiger partial charge in [0, 0.05) is 36.1 Å². The van der Waals surface area contributed by atoms with Gasteiger partial charge < -0.3 is 4.90 Å². The van der Waals surface area contributed by atoms with Crippen molar-refractivity contribution in [1.82, 2.24) is 24.6 Å². The molecule has 0 N–H and O–H groups in total. The van der Waals surface area contributed by atoms with Crippen molar-refractivity contribution in [3.05, 3.63) is 76.1 Å². The maximum atomic E-state index is 13.2. The quantitative estimate of drug-likeness (QED) is 0.605. The summed E-state index contributed by atoms with van der Waals surface area (Å²) >= 11 is 6.25. The SMILES string of the molecule is CN1Cc2cc(Cl)ccc2-n2c(nnc2C2CCN(C(=O)c3ccc(F)cc3)CC2)C1. The first kappa shape index (κ1) is 20.2. The smallest absolute Gasteiger partial charge is 0.253 e. The van der Waals surface area contributed by atoms with Crippen molar-refractivity contribution < 1.29 is 9.18 Å². The van der Waals surface area contributed by atoms with Gasteiger partial charge >= 0.3 is 0 Å². The first-order chi connectivity index (χ1) is 15.0. The molecule has 0 aliphatic carbocycles. The molecule has 1 saturated heterocycles. The van der Waals surface area contributed by atoms with Crippen LogP contribution in [0.4, 0.5) is 4.39 Å². The Kier molecular flexibility index (Phi) is 5.24. The lowest BCUT2D eigenvalue weighted by Crippen LogP contribution is -2.38. The summed E-state index contributed by atoms with van der Waals surface area (Å²) < 4.78 is 15.3. The zero-order valence-electron chi connectivity index (χ0n) is 17.3. The molecule has 6 nitrogen and oxygen atoms in total. The number of likely N-dealkylation sites (tertiary alicyclic amines) is 1. The second-order valence-electron chi connectivity index (χ2n) is 8.33. The van der Waals surface area contributed by atoms with Crippen LogP contribution in [0.5, 0.6) is 0 Å². The lowest BCUT2D eigenvalue weighted by atomic mass is 9.95. The molecule has 5 rings (SSSR count). The van der Waals surface area contributed by atoms with Crippen LogP contribution in [0, 0.1) is 5.82 Å². The molecule has 1 fully saturated rings. The molecule has 0 radical (unpaired) electrons. The number of fused-ring (bicyclic) bond motifs is 3. The molecule has 8 heteroatoms. The third-order valence-electron chi connectivity index (χ3n) is 6.13. The summed E-state index contributed by atoms with van der Waals surface area (Å²) in [5.41, 5.74) is 2.75. The van der Waals surface area contributed by atoms with Crippen LogP contribution in [0.15, 0.2) is 42.5 Å². The molecule has 2 aromatic carbocycles. The van der Waals surface area contributed by atoms with Gasteiger partial charge in [0.25, 0.3) is 5.91 Å². The molecule has 0 saturated carbocycles. The molecule has 3 aromatic rings. The van der Waals surface area contributed by atoms with Gasteiger partial charge in [0.1, 0.15) is 11.6 Å². The van der Waals surface area contributed by atoms with E-state index in [-0.39, 0.29) is 17.6 Å². The summed E-state index contributed by atoms with van der Waals surface area (Å²) in [6, 6.07) is 11.7. The van der Waals surface area contributed by atoms with Gasteiger partial charge in [-0.05, 0) is 67.9 Å². The zero-order chi connectivity index (χ0) is 21.5. The Labute approximate surface area is 185 Å². The van der Waals surface area contributed by atoms with E-state index in [0.29, 0.717) is 25.2 Å². The third kappa shape index (κ3) is 3.83. The van der Waals surface area contributed by atoms with Crippen LogP contribution >= 0.6 is 11.6 Å². The minimum atomic E-state index is -0.338. The minimum Gasteiger partial charge on any atom is -0.339 e. The fourth-order valence-electron chi connectivity index (χ4n) is 4.56. The van der Waals surface area contributed by atoms with Gasteiger partial charge in [0.15, 0.2) is 5.82 Å². The fraction of sp³-hybridized carbons (Fsp3) is 0.348. The molecule has 0 bridgehead atoms. The van der Waals surface area contributed by atoms with E-state index in [0.717, 1.165) is 47.3 Å². The minimum absolute atomic E-state index is 0.0554. The number of amides is 1. The zero-order valence-corrected chi connectivity index (χ0v) is 18.0. The highest BCUT2D eigenvalue weighted by Gasteiger charge is 2.31. The predicted octanol–water partition coefficient (Wildman–Crippen LogP) is 4.03. The molecule has 160 valence electrons. The normalized spacial score (nSPS) is 17.2. The number of carbonyl (C=O) groups is 1. The number of hydrogen-bond acceptors (Lipinski definition) is 4. The van der Waals surface area contributed by atoms with Gasteiger partial charge in [-0.1, -0.05) is 11.6 Å². The van der Waals surface area contributed by atoms with E-state index in [2.05, 4.69) is 26.7 Å². The van der Waals surface area contributed by atoms with E-state index >= 15 is 0 Å². The highest BCUT2D eigenvalue weighted by atomic mass is 35.5. The largest absolute Gasteiger partial charge is 0.339 e. The van der Waals surface area contributed by atoms with E-state index in [4.69, 9.17) is 11.6 Å². The molecule has 0 atom stereocenters. The van der Waals surface area contributed by atoms with E-state index in [1.165, 1.54) is 12.1 Å². The van der Waals surface area contributed by atoms with Crippen LogP contribution in [-0.4, -0.2) is 50.6 Å². The molecule has 2 aliphatic heterocycles. The van der Waals surface area contributed by atoms with Crippen molar-refractivity contribution in [1.29, 1.82) is 0 Å². The topological polar surface area (TPSA) is 54.3 Å². The molecule has 1 aromatic heterocycles. The van der Waals surface area contributed by atoms with E-state index in [9.17, 15) is 9.18 Å². The number of nitrogens with zero attached hydrogens (tertiary/aromatic N) is 5. The first-order valence-corrected chi connectivity index (χ1v) is 10.8. The summed E-state index contributed by atoms with van der Waals surface area (Å²) in [6.45, 7) is 2.78. The van der Waals surface area contributed by atoms with Crippen molar-refractivity contribution >= 4 is 17.5 Å². The summed E-state index contributed by atoms with van der Waals surface area (Å²) in [6.07, 6.45) is 1.62. The van der Waals surface area contributed by atoms with Gasteiger partial charge in [-0.25, -0.2) is 4.39 Å². The fourth-order valence-corrected chi connectivity index (χ4v) is 4.76. The average Bonchev–Trinajstić information content (AvgIpc) is 3.11. The number of halogens is 2. The molecule has 31 heavy (non-hydrogen) atoms. The van der Waals surface area contributed by atoms with E-state index in [1.807, 2.05) is 23.1 Å². The van der Waals surface area contributed by atoms with Gasteiger partial charge in [-0.15, -0.1) is 10.2 Å². The number of carbonyl (C=O) groups excluding carboxylic acids is 1. The summed E-state index contributed by atoms with van der Waals surface area (Å²) in [4.78, 5) is 16.8. The number of benzene rings is 2. The Hall–Kier alpha value is -2.77. The molecule has 2 aliphatic rings. The highest BCUT2D eigenvalue weighted by Crippen LogP contribution is 2.33. The van der Waals surface area contributed by atoms with Gasteiger partial charge in [-0.2, -0.15) is 0 Å². The monoisotopic (exact) mass is 439 g/mol. The van der Waals surface area contributed by atoms with Crippen molar-refractivity contribution in [2.75, 3.05) is 20.1 Å². The Morgan fingerprint density at radius 1 is 1.06 bits per heavy atom. The molecule has 3 heterocycles. The Balaban J connectivity index is 1.38. The molecular formula is C23H23ClFN5O. The van der Waals surface area contributed by atoms with Crippen LogP contribution in [0.2, 0.25) is 5.02 Å². The van der Waals surface area contributed by atoms with Crippen molar-refractivity contribution in [2.45, 2.75) is 31.8 Å². The van der Waals surface area contributed by atoms with Gasteiger partial charge in [-0.3, -0.25) is 14.3 Å². The number of rotatable bonds is 2. The predicted molar refractivity (Wildman–Crippen MR) is 116 cm³/mol. The number of hydrogen-bond donors (Lipinski definition) is 0. The van der Waals surface area contributed by atoms with Crippen LogP contribution in [0.1, 0.15) is 46.3 Å². The lowest BCUT2D eigenvalue weighted by molar-refractivity contribution is 0.0710. The highest BCUT2D eigenvalue weighted by molar-refractivity contribution is 6.30. The summed E-state index contributed by atoms with van der Waals surface area (Å²) in [5.74, 6) is 1.69. The van der Waals surface area contributed by atoms with Crippen LogP contribution in [-0.2, 0) is 13.1 Å². The lowest BCUT2D eigenvalue weighted by Gasteiger charge is -2.32. The third-order valence-corrected chi connectivity index (χ3v) is 6.36. The number of piperidine rings is 1. The Morgan fingerprint density at radius 3 is 2.55 bits per heavy atom. The molecule has 0 spiro atoms. The molecular weight excluding hydrogens is 417 g/mol. The van der Waals surface area contributed by atoms with Crippen molar-refractivity contribution in [3.63, 3.8) is 0 Å². The average molecular weight is 440 g/mol. The van der Waals surface area contributed by atoms with Crippen molar-refractivity contribution in [2.24, 2.45) is 0 Å². The van der Waals surface area contributed by atoms with E-state index < -0.39 is 0 Å². The Bertz CT molecular complexity index is 1120. The Morgan fingerprint density at radius 2 is 1.81 bits per heavy atom. The van der Waals surface area contributed by atoms with Gasteiger partial charge in [0.05, 0.1) is 12.2 Å². The first-order valence-electron chi connectivity index (χ1n) is 10.5. The van der Waals surface area contributed by atoms with Crippen LogP contribution < -0.4 is 0 Å². The standard InChI is InChI=1S/C23H23ClFN5O/c1-28-13-17-12-18(24)4-7-20(17)30-21(14-28)26-27-22(30)15-8-10-29(11-9-15)23(31)16-2-5-19(25)6-3-16/h2-7,12,15H,8-11,13-14H2,1H3. The maximum Gasteiger partial charge on any atom is 0.253 e.